The van der Waals surface area contributed by atoms with Crippen LogP contribution < -0.4 is 9.47 Å². The maximum atomic E-state index is 5.85. The van der Waals surface area contributed by atoms with Gasteiger partial charge in [0.05, 0.1) is 27.4 Å². The zero-order chi connectivity index (χ0) is 17.1. The zero-order valence-electron chi connectivity index (χ0n) is 15.3. The van der Waals surface area contributed by atoms with Crippen LogP contribution in [0.4, 0.5) is 0 Å². The summed E-state index contributed by atoms with van der Waals surface area (Å²) in [5.74, 6) is 2.05. The first-order chi connectivity index (χ1) is 11.2. The van der Waals surface area contributed by atoms with E-state index in [9.17, 15) is 0 Å². The average Bonchev–Trinajstić information content (AvgIpc) is 2.59. The standard InChI is InChI=1S/C19H32O4/c1-6-8-10-16(7-2)13-22-15(3)23-14-17-11-9-12-18(20-4)19(17)21-5/h9,11-12,15-16H,6-8,10,13-14H2,1-5H3/t15-,16+/m0/s1. The van der Waals surface area contributed by atoms with Crippen LogP contribution in [-0.2, 0) is 16.1 Å². The Kier molecular flexibility index (Phi) is 9.72. The van der Waals surface area contributed by atoms with E-state index in [2.05, 4.69) is 13.8 Å². The van der Waals surface area contributed by atoms with Gasteiger partial charge >= 0.3 is 0 Å². The maximum Gasteiger partial charge on any atom is 0.166 e. The van der Waals surface area contributed by atoms with E-state index in [1.54, 1.807) is 14.2 Å². The number of rotatable bonds is 12. The van der Waals surface area contributed by atoms with Gasteiger partial charge in [0.25, 0.3) is 0 Å². The van der Waals surface area contributed by atoms with E-state index in [0.717, 1.165) is 24.3 Å². The molecule has 4 nitrogen and oxygen atoms in total. The van der Waals surface area contributed by atoms with Crippen LogP contribution in [0.1, 0.15) is 52.0 Å². The molecule has 1 aromatic carbocycles. The minimum atomic E-state index is -0.235. The lowest BCUT2D eigenvalue weighted by Gasteiger charge is -2.20. The number of unbranched alkanes of at least 4 members (excludes halogenated alkanes) is 1. The summed E-state index contributed by atoms with van der Waals surface area (Å²) in [6.45, 7) is 7.58. The van der Waals surface area contributed by atoms with E-state index in [1.165, 1.54) is 19.3 Å². The second kappa shape index (κ2) is 11.3. The number of methoxy groups -OCH3 is 2. The lowest BCUT2D eigenvalue weighted by molar-refractivity contribution is -0.146. The Morgan fingerprint density at radius 2 is 1.83 bits per heavy atom. The molecule has 1 rings (SSSR count). The molecular formula is C19H32O4. The monoisotopic (exact) mass is 324 g/mol. The van der Waals surface area contributed by atoms with E-state index in [4.69, 9.17) is 18.9 Å². The van der Waals surface area contributed by atoms with Gasteiger partial charge in [-0.2, -0.15) is 0 Å². The second-order valence-electron chi connectivity index (χ2n) is 5.78. The Bertz CT molecular complexity index is 433. The molecule has 23 heavy (non-hydrogen) atoms. The smallest absolute Gasteiger partial charge is 0.166 e. The summed E-state index contributed by atoms with van der Waals surface area (Å²) in [6, 6.07) is 5.79. The van der Waals surface area contributed by atoms with Crippen molar-refractivity contribution in [2.24, 2.45) is 5.92 Å². The molecule has 0 unspecified atom stereocenters. The average molecular weight is 324 g/mol. The van der Waals surface area contributed by atoms with Crippen molar-refractivity contribution in [3.05, 3.63) is 23.8 Å². The van der Waals surface area contributed by atoms with Crippen LogP contribution >= 0.6 is 0 Å². The molecule has 0 aliphatic heterocycles. The van der Waals surface area contributed by atoms with Crippen molar-refractivity contribution in [2.45, 2.75) is 59.4 Å². The Balaban J connectivity index is 2.45. The molecule has 0 N–H and O–H groups in total. The summed E-state index contributed by atoms with van der Waals surface area (Å²) in [7, 11) is 3.27. The minimum absolute atomic E-state index is 0.235. The molecule has 0 aliphatic rings. The molecule has 0 fully saturated rings. The molecule has 0 radical (unpaired) electrons. The van der Waals surface area contributed by atoms with Crippen LogP contribution in [-0.4, -0.2) is 27.1 Å². The van der Waals surface area contributed by atoms with Gasteiger partial charge in [0.2, 0.25) is 0 Å². The molecule has 4 heteroatoms. The molecule has 0 saturated heterocycles. The first-order valence-corrected chi connectivity index (χ1v) is 8.59. The van der Waals surface area contributed by atoms with E-state index in [1.807, 2.05) is 25.1 Å². The molecular weight excluding hydrogens is 292 g/mol. The molecule has 1 aromatic rings. The van der Waals surface area contributed by atoms with Crippen LogP contribution in [0.25, 0.3) is 0 Å². The molecule has 0 heterocycles. The van der Waals surface area contributed by atoms with Gasteiger partial charge in [-0.3, -0.25) is 0 Å². The highest BCUT2D eigenvalue weighted by molar-refractivity contribution is 5.46. The zero-order valence-corrected chi connectivity index (χ0v) is 15.3. The summed E-state index contributed by atoms with van der Waals surface area (Å²) in [6.07, 6.45) is 4.64. The Hall–Kier alpha value is -1.26. The van der Waals surface area contributed by atoms with Crippen molar-refractivity contribution < 1.29 is 18.9 Å². The molecule has 0 aliphatic carbocycles. The fourth-order valence-electron chi connectivity index (χ4n) is 2.49. The Labute approximate surface area is 141 Å². The molecule has 2 atom stereocenters. The fourth-order valence-corrected chi connectivity index (χ4v) is 2.49. The number of ether oxygens (including phenoxy) is 4. The van der Waals surface area contributed by atoms with Crippen molar-refractivity contribution in [3.63, 3.8) is 0 Å². The van der Waals surface area contributed by atoms with Crippen molar-refractivity contribution >= 4 is 0 Å². The van der Waals surface area contributed by atoms with E-state index >= 15 is 0 Å². The molecule has 0 bridgehead atoms. The second-order valence-corrected chi connectivity index (χ2v) is 5.78. The summed E-state index contributed by atoms with van der Waals surface area (Å²) >= 11 is 0. The molecule has 0 aromatic heterocycles. The summed E-state index contributed by atoms with van der Waals surface area (Å²) in [4.78, 5) is 0. The summed E-state index contributed by atoms with van der Waals surface area (Å²) in [5.41, 5.74) is 0.959. The quantitative estimate of drug-likeness (QED) is 0.518. The van der Waals surface area contributed by atoms with Crippen molar-refractivity contribution in [1.29, 1.82) is 0 Å². The van der Waals surface area contributed by atoms with Crippen LogP contribution in [0.5, 0.6) is 11.5 Å². The van der Waals surface area contributed by atoms with Gasteiger partial charge in [0, 0.05) is 5.56 Å². The predicted molar refractivity (Wildman–Crippen MR) is 93.1 cm³/mol. The van der Waals surface area contributed by atoms with Crippen molar-refractivity contribution in [3.8, 4) is 11.5 Å². The van der Waals surface area contributed by atoms with Crippen LogP contribution in [0.15, 0.2) is 18.2 Å². The molecule has 0 spiro atoms. The lowest BCUT2D eigenvalue weighted by Crippen LogP contribution is -2.18. The van der Waals surface area contributed by atoms with Gasteiger partial charge in [0.1, 0.15) is 0 Å². The van der Waals surface area contributed by atoms with Crippen molar-refractivity contribution in [1.82, 2.24) is 0 Å². The first kappa shape index (κ1) is 19.8. The van der Waals surface area contributed by atoms with Gasteiger partial charge < -0.3 is 18.9 Å². The highest BCUT2D eigenvalue weighted by atomic mass is 16.7. The molecule has 132 valence electrons. The Morgan fingerprint density at radius 3 is 2.43 bits per heavy atom. The maximum absolute atomic E-state index is 5.85. The predicted octanol–water partition coefficient (Wildman–Crippen LogP) is 4.80. The number of benzene rings is 1. The summed E-state index contributed by atoms with van der Waals surface area (Å²) in [5, 5.41) is 0. The highest BCUT2D eigenvalue weighted by Crippen LogP contribution is 2.31. The number of hydrogen-bond donors (Lipinski definition) is 0. The van der Waals surface area contributed by atoms with Crippen molar-refractivity contribution in [2.75, 3.05) is 20.8 Å². The largest absolute Gasteiger partial charge is 0.493 e. The fraction of sp³-hybridized carbons (Fsp3) is 0.684. The van der Waals surface area contributed by atoms with E-state index in [0.29, 0.717) is 18.3 Å². The summed E-state index contributed by atoms with van der Waals surface area (Å²) < 4.78 is 22.4. The third kappa shape index (κ3) is 6.80. The SMILES string of the molecule is CCCC[C@@H](CC)CO[C@H](C)OCc1cccc(OC)c1OC. The van der Waals surface area contributed by atoms with Crippen LogP contribution in [0.3, 0.4) is 0 Å². The number of hydrogen-bond acceptors (Lipinski definition) is 4. The normalized spacial score (nSPS) is 13.6. The van der Waals surface area contributed by atoms with Gasteiger partial charge in [-0.25, -0.2) is 0 Å². The first-order valence-electron chi connectivity index (χ1n) is 8.59. The topological polar surface area (TPSA) is 36.9 Å². The van der Waals surface area contributed by atoms with Crippen LogP contribution in [0.2, 0.25) is 0 Å². The van der Waals surface area contributed by atoms with Gasteiger partial charge in [0.15, 0.2) is 17.8 Å². The minimum Gasteiger partial charge on any atom is -0.493 e. The van der Waals surface area contributed by atoms with Crippen LogP contribution in [0, 0.1) is 5.92 Å². The van der Waals surface area contributed by atoms with Gasteiger partial charge in [-0.1, -0.05) is 45.2 Å². The van der Waals surface area contributed by atoms with Gasteiger partial charge in [-0.15, -0.1) is 0 Å². The lowest BCUT2D eigenvalue weighted by atomic mass is 10.0. The van der Waals surface area contributed by atoms with E-state index in [-0.39, 0.29) is 6.29 Å². The number of para-hydroxylation sites is 1. The van der Waals surface area contributed by atoms with Gasteiger partial charge in [-0.05, 0) is 25.3 Å². The Morgan fingerprint density at radius 1 is 1.04 bits per heavy atom. The molecule has 0 amide bonds. The highest BCUT2D eigenvalue weighted by Gasteiger charge is 2.13. The third-order valence-corrected chi connectivity index (χ3v) is 4.07. The van der Waals surface area contributed by atoms with E-state index < -0.39 is 0 Å². The third-order valence-electron chi connectivity index (χ3n) is 4.07. The molecule has 0 saturated carbocycles.